The minimum Gasteiger partial charge on any atom is -0.369 e. The molecule has 5 heteroatoms. The van der Waals surface area contributed by atoms with Gasteiger partial charge >= 0.3 is 0 Å². The molecule has 4 nitrogen and oxygen atoms in total. The molecule has 0 bridgehead atoms. The van der Waals surface area contributed by atoms with Gasteiger partial charge in [-0.05, 0) is 42.6 Å². The number of hydrogen-bond donors (Lipinski definition) is 1. The van der Waals surface area contributed by atoms with Gasteiger partial charge in [-0.25, -0.2) is 4.98 Å². The zero-order chi connectivity index (χ0) is 13.0. The Morgan fingerprint density at radius 2 is 1.83 bits per heavy atom. The largest absolute Gasteiger partial charge is 0.369 e. The van der Waals surface area contributed by atoms with E-state index >= 15 is 0 Å². The number of nitrogens with one attached hydrogen (secondary N) is 1. The maximum Gasteiger partial charge on any atom is 0.227 e. The number of rotatable bonds is 3. The third kappa shape index (κ3) is 3.13. The summed E-state index contributed by atoms with van der Waals surface area (Å²) < 4.78 is 0.975. The molecule has 1 aromatic heterocycles. The first-order chi connectivity index (χ1) is 8.72. The van der Waals surface area contributed by atoms with Crippen LogP contribution in [0.5, 0.6) is 0 Å². The van der Waals surface area contributed by atoms with E-state index in [1.54, 1.807) is 0 Å². The second-order valence-electron chi connectivity index (χ2n) is 4.70. The fraction of sp³-hybridized carbons (Fsp3) is 0.692. The number of aryl methyl sites for hydroxylation is 1. The van der Waals surface area contributed by atoms with Crippen LogP contribution < -0.4 is 10.2 Å². The lowest BCUT2D eigenvalue weighted by Gasteiger charge is -2.21. The first-order valence-corrected chi connectivity index (χ1v) is 7.54. The van der Waals surface area contributed by atoms with Crippen molar-refractivity contribution < 1.29 is 0 Å². The van der Waals surface area contributed by atoms with Gasteiger partial charge in [-0.15, -0.1) is 0 Å². The lowest BCUT2D eigenvalue weighted by molar-refractivity contribution is 0.726. The van der Waals surface area contributed by atoms with Crippen LogP contribution in [0.2, 0.25) is 0 Å². The normalized spacial score (nSPS) is 16.5. The van der Waals surface area contributed by atoms with Crippen LogP contribution in [0.4, 0.5) is 11.8 Å². The Bertz CT molecular complexity index is 400. The number of aromatic nitrogens is 2. The van der Waals surface area contributed by atoms with Gasteiger partial charge in [0, 0.05) is 19.6 Å². The summed E-state index contributed by atoms with van der Waals surface area (Å²) in [7, 11) is 0. The summed E-state index contributed by atoms with van der Waals surface area (Å²) in [6, 6.07) is 0. The Balaban J connectivity index is 2.26. The molecule has 1 saturated heterocycles. The van der Waals surface area contributed by atoms with E-state index in [0.717, 1.165) is 41.6 Å². The molecule has 1 aromatic rings. The van der Waals surface area contributed by atoms with E-state index in [4.69, 9.17) is 0 Å². The first kappa shape index (κ1) is 13.6. The Kier molecular flexibility index (Phi) is 4.80. The molecule has 2 rings (SSSR count). The maximum atomic E-state index is 4.65. The van der Waals surface area contributed by atoms with Crippen molar-refractivity contribution in [1.82, 2.24) is 9.97 Å². The Morgan fingerprint density at radius 3 is 2.44 bits per heavy atom. The van der Waals surface area contributed by atoms with Gasteiger partial charge in [-0.1, -0.05) is 12.8 Å². The molecule has 0 unspecified atom stereocenters. The number of hydrogen-bond acceptors (Lipinski definition) is 4. The summed E-state index contributed by atoms with van der Waals surface area (Å²) in [5.41, 5.74) is 1.00. The molecule has 18 heavy (non-hydrogen) atoms. The van der Waals surface area contributed by atoms with Gasteiger partial charge in [-0.2, -0.15) is 4.98 Å². The highest BCUT2D eigenvalue weighted by molar-refractivity contribution is 9.10. The zero-order valence-electron chi connectivity index (χ0n) is 11.2. The topological polar surface area (TPSA) is 41.1 Å². The van der Waals surface area contributed by atoms with Gasteiger partial charge in [0.25, 0.3) is 0 Å². The molecule has 100 valence electrons. The van der Waals surface area contributed by atoms with Crippen molar-refractivity contribution in [2.24, 2.45) is 0 Å². The van der Waals surface area contributed by atoms with Crippen LogP contribution in [0.1, 0.15) is 38.3 Å². The molecule has 2 heterocycles. The van der Waals surface area contributed by atoms with Crippen LogP contribution in [0.3, 0.4) is 0 Å². The van der Waals surface area contributed by atoms with Crippen LogP contribution in [0.25, 0.3) is 0 Å². The minimum absolute atomic E-state index is 0.869. The second-order valence-corrected chi connectivity index (χ2v) is 5.50. The minimum atomic E-state index is 0.869. The van der Waals surface area contributed by atoms with Crippen LogP contribution in [0.15, 0.2) is 4.47 Å². The Labute approximate surface area is 117 Å². The quantitative estimate of drug-likeness (QED) is 0.929. The van der Waals surface area contributed by atoms with Gasteiger partial charge in [0.15, 0.2) is 0 Å². The first-order valence-electron chi connectivity index (χ1n) is 6.75. The highest BCUT2D eigenvalue weighted by atomic mass is 79.9. The van der Waals surface area contributed by atoms with Gasteiger partial charge in [0.05, 0.1) is 10.2 Å². The van der Waals surface area contributed by atoms with Gasteiger partial charge in [0.2, 0.25) is 5.95 Å². The summed E-state index contributed by atoms with van der Waals surface area (Å²) in [5, 5.41) is 3.29. The molecule has 1 aliphatic rings. The summed E-state index contributed by atoms with van der Waals surface area (Å²) in [5.74, 6) is 1.78. The molecule has 1 aliphatic heterocycles. The lowest BCUT2D eigenvalue weighted by atomic mass is 10.2. The van der Waals surface area contributed by atoms with Gasteiger partial charge < -0.3 is 10.2 Å². The monoisotopic (exact) mass is 312 g/mol. The van der Waals surface area contributed by atoms with Crippen LogP contribution in [0, 0.1) is 6.92 Å². The average Bonchev–Trinajstić information content (AvgIpc) is 2.63. The third-order valence-corrected chi connectivity index (χ3v) is 4.19. The smallest absolute Gasteiger partial charge is 0.227 e. The molecule has 0 aliphatic carbocycles. The SMILES string of the molecule is CCNc1nc(N2CCCCCC2)nc(C)c1Br. The van der Waals surface area contributed by atoms with Gasteiger partial charge in [-0.3, -0.25) is 0 Å². The van der Waals surface area contributed by atoms with E-state index in [9.17, 15) is 0 Å². The molecule has 1 fully saturated rings. The number of halogens is 1. The highest BCUT2D eigenvalue weighted by Crippen LogP contribution is 2.26. The maximum absolute atomic E-state index is 4.65. The van der Waals surface area contributed by atoms with Crippen molar-refractivity contribution in [3.05, 3.63) is 10.2 Å². The fourth-order valence-electron chi connectivity index (χ4n) is 2.24. The fourth-order valence-corrected chi connectivity index (χ4v) is 2.56. The Hall–Kier alpha value is -0.840. The number of anilines is 2. The standard InChI is InChI=1S/C13H21BrN4/c1-3-15-12-11(14)10(2)16-13(17-12)18-8-6-4-5-7-9-18/h3-9H2,1-2H3,(H,15,16,17). The number of nitrogens with zero attached hydrogens (tertiary/aromatic N) is 3. The summed E-state index contributed by atoms with van der Waals surface area (Å²) in [4.78, 5) is 11.6. The molecular weight excluding hydrogens is 292 g/mol. The van der Waals surface area contributed by atoms with Crippen molar-refractivity contribution in [1.29, 1.82) is 0 Å². The average molecular weight is 313 g/mol. The van der Waals surface area contributed by atoms with E-state index in [2.05, 4.69) is 43.0 Å². The zero-order valence-corrected chi connectivity index (χ0v) is 12.8. The second kappa shape index (κ2) is 6.36. The third-order valence-electron chi connectivity index (χ3n) is 3.24. The Morgan fingerprint density at radius 1 is 1.17 bits per heavy atom. The predicted molar refractivity (Wildman–Crippen MR) is 79.3 cm³/mol. The predicted octanol–water partition coefficient (Wildman–Crippen LogP) is 3.36. The van der Waals surface area contributed by atoms with Crippen LogP contribution >= 0.6 is 15.9 Å². The van der Waals surface area contributed by atoms with Crippen molar-refractivity contribution in [2.45, 2.75) is 39.5 Å². The van der Waals surface area contributed by atoms with Crippen molar-refractivity contribution in [3.8, 4) is 0 Å². The van der Waals surface area contributed by atoms with Crippen LogP contribution in [-0.2, 0) is 0 Å². The molecule has 0 saturated carbocycles. The molecule has 1 N–H and O–H groups in total. The molecule has 0 amide bonds. The molecular formula is C13H21BrN4. The highest BCUT2D eigenvalue weighted by Gasteiger charge is 2.15. The van der Waals surface area contributed by atoms with Crippen molar-refractivity contribution in [3.63, 3.8) is 0 Å². The molecule has 0 atom stereocenters. The summed E-state index contributed by atoms with van der Waals surface area (Å²) in [6.45, 7) is 7.12. The van der Waals surface area contributed by atoms with Gasteiger partial charge in [0.1, 0.15) is 5.82 Å². The summed E-state index contributed by atoms with van der Waals surface area (Å²) in [6.07, 6.45) is 5.14. The lowest BCUT2D eigenvalue weighted by Crippen LogP contribution is -2.26. The van der Waals surface area contributed by atoms with E-state index in [1.165, 1.54) is 25.7 Å². The van der Waals surface area contributed by atoms with E-state index in [0.29, 0.717) is 0 Å². The molecule has 0 spiro atoms. The summed E-state index contributed by atoms with van der Waals surface area (Å²) >= 11 is 3.55. The van der Waals surface area contributed by atoms with E-state index < -0.39 is 0 Å². The molecule has 0 aromatic carbocycles. The van der Waals surface area contributed by atoms with Crippen LogP contribution in [-0.4, -0.2) is 29.6 Å². The molecule has 0 radical (unpaired) electrons. The van der Waals surface area contributed by atoms with Crippen molar-refractivity contribution in [2.75, 3.05) is 29.9 Å². The van der Waals surface area contributed by atoms with E-state index in [-0.39, 0.29) is 0 Å². The van der Waals surface area contributed by atoms with Crippen molar-refractivity contribution >= 4 is 27.7 Å². The van der Waals surface area contributed by atoms with E-state index in [1.807, 2.05) is 6.92 Å².